The number of ether oxygens (including phenoxy) is 2. The molecule has 1 aromatic carbocycles. The third kappa shape index (κ3) is 5.49. The number of nitrogens with zero attached hydrogens (tertiary/aromatic N) is 1. The van der Waals surface area contributed by atoms with Crippen molar-refractivity contribution in [2.24, 2.45) is 5.92 Å². The van der Waals surface area contributed by atoms with Crippen molar-refractivity contribution in [2.45, 2.75) is 19.4 Å². The van der Waals surface area contributed by atoms with E-state index in [1.165, 1.54) is 18.9 Å². The first-order valence-corrected chi connectivity index (χ1v) is 8.89. The van der Waals surface area contributed by atoms with Crippen molar-refractivity contribution in [1.29, 1.82) is 0 Å². The largest absolute Gasteiger partial charge is 0.496 e. The fourth-order valence-corrected chi connectivity index (χ4v) is 2.52. The zero-order valence-electron chi connectivity index (χ0n) is 14.6. The van der Waals surface area contributed by atoms with Crippen LogP contribution in [0.4, 0.5) is 0 Å². The lowest BCUT2D eigenvalue weighted by Crippen LogP contribution is -2.20. The van der Waals surface area contributed by atoms with Crippen LogP contribution in [0.2, 0.25) is 5.02 Å². The van der Waals surface area contributed by atoms with Crippen LogP contribution in [0.5, 0.6) is 11.6 Å². The van der Waals surface area contributed by atoms with E-state index < -0.39 is 0 Å². The number of carbonyl (C=O) groups is 1. The molecule has 2 aromatic rings. The van der Waals surface area contributed by atoms with Crippen molar-refractivity contribution in [3.05, 3.63) is 58.8 Å². The van der Waals surface area contributed by atoms with Crippen molar-refractivity contribution in [3.8, 4) is 11.6 Å². The molecule has 1 fully saturated rings. The molecular weight excluding hydrogens is 352 g/mol. The van der Waals surface area contributed by atoms with Crippen molar-refractivity contribution < 1.29 is 14.3 Å². The summed E-state index contributed by atoms with van der Waals surface area (Å²) in [5, 5.41) is 3.40. The molecule has 1 aliphatic rings. The highest BCUT2D eigenvalue weighted by molar-refractivity contribution is 6.30. The van der Waals surface area contributed by atoms with Gasteiger partial charge in [-0.2, -0.15) is 0 Å². The number of halogens is 1. The third-order valence-corrected chi connectivity index (χ3v) is 4.27. The fraction of sp³-hybridized carbons (Fsp3) is 0.300. The van der Waals surface area contributed by atoms with Crippen molar-refractivity contribution in [1.82, 2.24) is 10.3 Å². The van der Waals surface area contributed by atoms with Gasteiger partial charge < -0.3 is 14.8 Å². The Hall–Kier alpha value is -2.53. The Labute approximate surface area is 158 Å². The standard InChI is InChI=1S/C20H21ClN2O3/c1-25-18-7-6-17(21)10-16(18)5-8-19(24)22-11-15-4-9-20(23-12-15)26-13-14-2-3-14/h4-10,12,14H,2-3,11,13H2,1H3,(H,22,24)/b8-5+. The molecule has 1 saturated carbocycles. The molecule has 0 bridgehead atoms. The molecule has 1 aliphatic carbocycles. The Balaban J connectivity index is 1.49. The number of methoxy groups -OCH3 is 1. The van der Waals surface area contributed by atoms with E-state index in [4.69, 9.17) is 21.1 Å². The molecule has 0 atom stereocenters. The van der Waals surface area contributed by atoms with Gasteiger partial charge in [0.05, 0.1) is 13.7 Å². The summed E-state index contributed by atoms with van der Waals surface area (Å²) >= 11 is 5.98. The number of pyridine rings is 1. The van der Waals surface area contributed by atoms with E-state index in [-0.39, 0.29) is 5.91 Å². The van der Waals surface area contributed by atoms with Gasteiger partial charge in [-0.3, -0.25) is 4.79 Å². The van der Waals surface area contributed by atoms with Gasteiger partial charge in [0.1, 0.15) is 5.75 Å². The zero-order chi connectivity index (χ0) is 18.4. The second-order valence-electron chi connectivity index (χ2n) is 6.20. The van der Waals surface area contributed by atoms with Crippen molar-refractivity contribution in [2.75, 3.05) is 13.7 Å². The Morgan fingerprint density at radius 3 is 2.88 bits per heavy atom. The minimum Gasteiger partial charge on any atom is -0.496 e. The highest BCUT2D eigenvalue weighted by Crippen LogP contribution is 2.29. The van der Waals surface area contributed by atoms with Gasteiger partial charge in [0, 0.05) is 35.5 Å². The summed E-state index contributed by atoms with van der Waals surface area (Å²) in [6.45, 7) is 1.13. The van der Waals surface area contributed by atoms with Crippen LogP contribution in [-0.4, -0.2) is 24.6 Å². The van der Waals surface area contributed by atoms with E-state index in [1.54, 1.807) is 37.6 Å². The predicted molar refractivity (Wildman–Crippen MR) is 101 cm³/mol. The summed E-state index contributed by atoms with van der Waals surface area (Å²) in [5.41, 5.74) is 1.65. The van der Waals surface area contributed by atoms with E-state index in [1.807, 2.05) is 12.1 Å². The van der Waals surface area contributed by atoms with E-state index in [0.717, 1.165) is 17.7 Å². The monoisotopic (exact) mass is 372 g/mol. The molecule has 5 nitrogen and oxygen atoms in total. The number of amides is 1. The molecule has 1 heterocycles. The van der Waals surface area contributed by atoms with Crippen LogP contribution in [-0.2, 0) is 11.3 Å². The summed E-state index contributed by atoms with van der Waals surface area (Å²) < 4.78 is 10.8. The number of hydrogen-bond acceptors (Lipinski definition) is 4. The highest BCUT2D eigenvalue weighted by atomic mass is 35.5. The first-order valence-electron chi connectivity index (χ1n) is 8.51. The molecule has 0 spiro atoms. The van der Waals surface area contributed by atoms with Crippen LogP contribution in [0, 0.1) is 5.92 Å². The first kappa shape index (κ1) is 18.3. The molecule has 0 aliphatic heterocycles. The van der Waals surface area contributed by atoms with Gasteiger partial charge in [0.25, 0.3) is 0 Å². The van der Waals surface area contributed by atoms with E-state index >= 15 is 0 Å². The minimum atomic E-state index is -0.207. The van der Waals surface area contributed by atoms with E-state index in [2.05, 4.69) is 10.3 Å². The quantitative estimate of drug-likeness (QED) is 0.715. The summed E-state index contributed by atoms with van der Waals surface area (Å²) in [7, 11) is 1.58. The lowest BCUT2D eigenvalue weighted by Gasteiger charge is -2.06. The number of benzene rings is 1. The van der Waals surface area contributed by atoms with Crippen molar-refractivity contribution in [3.63, 3.8) is 0 Å². The predicted octanol–water partition coefficient (Wildman–Crippen LogP) is 3.86. The Morgan fingerprint density at radius 1 is 1.35 bits per heavy atom. The van der Waals surface area contributed by atoms with Crippen LogP contribution in [0.25, 0.3) is 6.08 Å². The summed E-state index contributed by atoms with van der Waals surface area (Å²) in [5.74, 6) is 1.77. The number of carbonyl (C=O) groups excluding carboxylic acids is 1. The van der Waals surface area contributed by atoms with E-state index in [0.29, 0.717) is 29.1 Å². The number of hydrogen-bond donors (Lipinski definition) is 1. The van der Waals surface area contributed by atoms with Gasteiger partial charge in [-0.1, -0.05) is 17.7 Å². The van der Waals surface area contributed by atoms with Crippen molar-refractivity contribution >= 4 is 23.6 Å². The Bertz CT molecular complexity index is 786. The molecule has 26 heavy (non-hydrogen) atoms. The zero-order valence-corrected chi connectivity index (χ0v) is 15.3. The molecule has 1 amide bonds. The fourth-order valence-electron chi connectivity index (χ4n) is 2.34. The van der Waals surface area contributed by atoms with E-state index in [9.17, 15) is 4.79 Å². The second kappa shape index (κ2) is 8.72. The number of rotatable bonds is 8. The average Bonchev–Trinajstić information content (AvgIpc) is 3.48. The minimum absolute atomic E-state index is 0.207. The maximum Gasteiger partial charge on any atom is 0.244 e. The van der Waals surface area contributed by atoms with Crippen LogP contribution in [0.15, 0.2) is 42.6 Å². The van der Waals surface area contributed by atoms with Gasteiger partial charge >= 0.3 is 0 Å². The SMILES string of the molecule is COc1ccc(Cl)cc1/C=C/C(=O)NCc1ccc(OCC2CC2)nc1. The highest BCUT2D eigenvalue weighted by Gasteiger charge is 2.22. The lowest BCUT2D eigenvalue weighted by atomic mass is 10.2. The third-order valence-electron chi connectivity index (χ3n) is 4.03. The van der Waals surface area contributed by atoms with Gasteiger partial charge in [-0.25, -0.2) is 4.98 Å². The summed E-state index contributed by atoms with van der Waals surface area (Å²) in [6, 6.07) is 8.98. The van der Waals surface area contributed by atoms with Crippen LogP contribution < -0.4 is 14.8 Å². The molecule has 136 valence electrons. The molecule has 0 unspecified atom stereocenters. The molecule has 0 radical (unpaired) electrons. The molecular formula is C20H21ClN2O3. The Morgan fingerprint density at radius 2 is 2.19 bits per heavy atom. The maximum atomic E-state index is 12.0. The van der Waals surface area contributed by atoms with Gasteiger partial charge in [-0.05, 0) is 48.6 Å². The molecule has 3 rings (SSSR count). The molecule has 1 N–H and O–H groups in total. The van der Waals surface area contributed by atoms with Gasteiger partial charge in [0.2, 0.25) is 11.8 Å². The number of nitrogens with one attached hydrogen (secondary N) is 1. The normalized spacial score (nSPS) is 13.6. The summed E-state index contributed by atoms with van der Waals surface area (Å²) in [4.78, 5) is 16.3. The molecule has 1 aromatic heterocycles. The van der Waals surface area contributed by atoms with Crippen LogP contribution in [0.1, 0.15) is 24.0 Å². The lowest BCUT2D eigenvalue weighted by molar-refractivity contribution is -0.116. The Kier molecular flexibility index (Phi) is 6.12. The van der Waals surface area contributed by atoms with Crippen LogP contribution in [0.3, 0.4) is 0 Å². The molecule has 0 saturated heterocycles. The number of aromatic nitrogens is 1. The summed E-state index contributed by atoms with van der Waals surface area (Å²) in [6.07, 6.45) is 7.34. The first-order chi connectivity index (χ1) is 12.6. The van der Waals surface area contributed by atoms with Crippen LogP contribution >= 0.6 is 11.6 Å². The molecule has 6 heteroatoms. The van der Waals surface area contributed by atoms with Gasteiger partial charge in [0.15, 0.2) is 0 Å². The smallest absolute Gasteiger partial charge is 0.244 e. The average molecular weight is 373 g/mol. The second-order valence-corrected chi connectivity index (χ2v) is 6.63. The topological polar surface area (TPSA) is 60.5 Å². The van der Waals surface area contributed by atoms with Gasteiger partial charge in [-0.15, -0.1) is 0 Å². The maximum absolute atomic E-state index is 12.0.